The van der Waals surface area contributed by atoms with Crippen molar-refractivity contribution in [1.82, 2.24) is 0 Å². The second-order valence-corrected chi connectivity index (χ2v) is 19.6. The zero-order valence-electron chi connectivity index (χ0n) is 40.7. The van der Waals surface area contributed by atoms with Crippen LogP contribution in [0.1, 0.15) is 219 Å². The molecular weight excluding hydrogens is 782 g/mol. The van der Waals surface area contributed by atoms with Crippen molar-refractivity contribution in [3.63, 3.8) is 0 Å². The minimum Gasteiger partial charge on any atom is -0.457 e. The molecule has 358 valence electrons. The minimum absolute atomic E-state index is 0.0834. The van der Waals surface area contributed by atoms with Gasteiger partial charge in [-0.15, -0.1) is 0 Å². The van der Waals surface area contributed by atoms with Gasteiger partial charge in [0.1, 0.15) is 19.3 Å². The number of carbonyl (C=O) groups is 1. The number of hydrogen-bond donors (Lipinski definition) is 1. The van der Waals surface area contributed by atoms with E-state index < -0.39 is 13.9 Å². The van der Waals surface area contributed by atoms with Gasteiger partial charge in [-0.2, -0.15) is 0 Å². The fourth-order valence-corrected chi connectivity index (χ4v) is 7.76. The van der Waals surface area contributed by atoms with Gasteiger partial charge in [-0.3, -0.25) is 13.8 Å². The van der Waals surface area contributed by atoms with Gasteiger partial charge in [-0.25, -0.2) is 4.57 Å². The van der Waals surface area contributed by atoms with E-state index in [1.54, 1.807) is 0 Å². The van der Waals surface area contributed by atoms with E-state index in [9.17, 15) is 14.3 Å². The topological polar surface area (TPSA) is 91.3 Å². The van der Waals surface area contributed by atoms with Crippen molar-refractivity contribution in [3.05, 3.63) is 48.6 Å². The number of esters is 1. The molecule has 1 N–H and O–H groups in total. The summed E-state index contributed by atoms with van der Waals surface area (Å²) >= 11 is 0. The highest BCUT2D eigenvalue weighted by molar-refractivity contribution is 7.47. The van der Waals surface area contributed by atoms with Gasteiger partial charge in [-0.1, -0.05) is 210 Å². The standard InChI is InChI=1S/C52H98NO7P/c1-6-8-10-12-14-16-18-20-22-24-25-26-27-28-30-32-34-36-38-40-42-44-47-57-49-51(50-59-61(55,56)58-48-46-53(3,4)5)60-52(54)45-43-41-39-37-35-33-31-29-23-21-19-17-15-13-11-9-7-2/h9,11,15,17,21,23,31,33,51H,6-8,10,12-14,16,18-20,22,24-30,32,34-50H2,1-5H3/p+1/b11-9-,17-15-,23-21-,33-31-. The molecule has 0 aliphatic rings. The molecule has 0 aromatic rings. The fraction of sp³-hybridized carbons (Fsp3) is 0.827. The van der Waals surface area contributed by atoms with Crippen LogP contribution < -0.4 is 0 Å². The fourth-order valence-electron chi connectivity index (χ4n) is 7.02. The van der Waals surface area contributed by atoms with Crippen LogP contribution in [0.2, 0.25) is 0 Å². The molecule has 9 heteroatoms. The Morgan fingerprint density at radius 3 is 1.43 bits per heavy atom. The summed E-state index contributed by atoms with van der Waals surface area (Å²) in [5, 5.41) is 0. The largest absolute Gasteiger partial charge is 0.472 e. The molecule has 0 fully saturated rings. The van der Waals surface area contributed by atoms with Gasteiger partial charge in [-0.05, 0) is 51.4 Å². The number of allylic oxidation sites excluding steroid dienone is 8. The molecule has 0 radical (unpaired) electrons. The highest BCUT2D eigenvalue weighted by Crippen LogP contribution is 2.43. The number of nitrogens with zero attached hydrogens (tertiary/aromatic N) is 1. The molecule has 0 aliphatic heterocycles. The zero-order chi connectivity index (χ0) is 44.8. The Kier molecular flexibility index (Phi) is 43.9. The number of quaternary nitrogens is 1. The number of carbonyl (C=O) groups excluding carboxylic acids is 1. The maximum Gasteiger partial charge on any atom is 0.472 e. The summed E-state index contributed by atoms with van der Waals surface area (Å²) < 4.78 is 35.1. The average Bonchev–Trinajstić information content (AvgIpc) is 3.22. The van der Waals surface area contributed by atoms with Gasteiger partial charge in [0.25, 0.3) is 0 Å². The Morgan fingerprint density at radius 2 is 0.951 bits per heavy atom. The maximum atomic E-state index is 12.7. The molecule has 0 bridgehead atoms. The lowest BCUT2D eigenvalue weighted by molar-refractivity contribution is -0.870. The van der Waals surface area contributed by atoms with Gasteiger partial charge in [0, 0.05) is 13.0 Å². The maximum absolute atomic E-state index is 12.7. The van der Waals surface area contributed by atoms with E-state index in [1.807, 2.05) is 21.1 Å². The van der Waals surface area contributed by atoms with E-state index in [2.05, 4.69) is 62.5 Å². The number of hydrogen-bond acceptors (Lipinski definition) is 6. The summed E-state index contributed by atoms with van der Waals surface area (Å²) in [6.45, 7) is 5.51. The molecular formula is C52H99NO7P+. The van der Waals surface area contributed by atoms with Crippen LogP contribution in [0, 0.1) is 0 Å². The summed E-state index contributed by atoms with van der Waals surface area (Å²) in [6, 6.07) is 0. The third-order valence-corrected chi connectivity index (χ3v) is 11.9. The van der Waals surface area contributed by atoms with Crippen LogP contribution in [0.3, 0.4) is 0 Å². The predicted molar refractivity (Wildman–Crippen MR) is 261 cm³/mol. The first-order valence-electron chi connectivity index (χ1n) is 25.4. The average molecular weight is 881 g/mol. The smallest absolute Gasteiger partial charge is 0.457 e. The van der Waals surface area contributed by atoms with E-state index in [1.165, 1.54) is 128 Å². The van der Waals surface area contributed by atoms with Crippen LogP contribution in [0.25, 0.3) is 0 Å². The van der Waals surface area contributed by atoms with Crippen LogP contribution in [0.5, 0.6) is 0 Å². The molecule has 0 heterocycles. The van der Waals surface area contributed by atoms with Crippen molar-refractivity contribution in [2.45, 2.75) is 225 Å². The number of likely N-dealkylation sites (N-methyl/N-ethyl adjacent to an activating group) is 1. The van der Waals surface area contributed by atoms with E-state index in [0.717, 1.165) is 70.6 Å². The Labute approximate surface area is 378 Å². The quantitative estimate of drug-likeness (QED) is 0.0214. The number of phosphoric acid groups is 1. The summed E-state index contributed by atoms with van der Waals surface area (Å²) in [5.41, 5.74) is 0. The van der Waals surface area contributed by atoms with E-state index in [-0.39, 0.29) is 25.8 Å². The Hall–Kier alpha value is -1.54. The van der Waals surface area contributed by atoms with E-state index >= 15 is 0 Å². The number of ether oxygens (including phenoxy) is 2. The molecule has 2 unspecified atom stereocenters. The molecule has 61 heavy (non-hydrogen) atoms. The van der Waals surface area contributed by atoms with Crippen molar-refractivity contribution in [1.29, 1.82) is 0 Å². The summed E-state index contributed by atoms with van der Waals surface area (Å²) in [7, 11) is 1.65. The third-order valence-electron chi connectivity index (χ3n) is 10.9. The molecule has 0 amide bonds. The molecule has 0 rings (SSSR count). The summed E-state index contributed by atoms with van der Waals surface area (Å²) in [4.78, 5) is 23.0. The minimum atomic E-state index is -4.29. The van der Waals surface area contributed by atoms with Crippen molar-refractivity contribution in [2.75, 3.05) is 54.1 Å². The molecule has 0 aliphatic carbocycles. The van der Waals surface area contributed by atoms with Crippen LogP contribution in [0.15, 0.2) is 48.6 Å². The van der Waals surface area contributed by atoms with Gasteiger partial charge in [0.05, 0.1) is 34.4 Å². The lowest BCUT2D eigenvalue weighted by atomic mass is 10.0. The van der Waals surface area contributed by atoms with Crippen LogP contribution in [0.4, 0.5) is 0 Å². The Morgan fingerprint density at radius 1 is 0.525 bits per heavy atom. The first kappa shape index (κ1) is 59.5. The zero-order valence-corrected chi connectivity index (χ0v) is 41.5. The molecule has 8 nitrogen and oxygen atoms in total. The molecule has 0 saturated carbocycles. The molecule has 0 spiro atoms. The Balaban J connectivity index is 4.14. The monoisotopic (exact) mass is 881 g/mol. The molecule has 0 aromatic heterocycles. The SMILES string of the molecule is CC/C=C\C/C=C\C/C=C\C/C=C\CCCCCCC(=O)OC(COCCCCCCCCCCCCCCCCCCCCCCCC)COP(=O)(O)OCC[N+](C)(C)C. The van der Waals surface area contributed by atoms with E-state index in [0.29, 0.717) is 24.1 Å². The van der Waals surface area contributed by atoms with Gasteiger partial charge < -0.3 is 18.9 Å². The normalized spacial score (nSPS) is 14.0. The van der Waals surface area contributed by atoms with Crippen LogP contribution in [-0.2, 0) is 27.9 Å². The van der Waals surface area contributed by atoms with Crippen molar-refractivity contribution < 1.29 is 37.3 Å². The predicted octanol–water partition coefficient (Wildman–Crippen LogP) is 15.5. The van der Waals surface area contributed by atoms with Crippen molar-refractivity contribution in [3.8, 4) is 0 Å². The Bertz CT molecular complexity index is 1120. The molecule has 2 atom stereocenters. The van der Waals surface area contributed by atoms with Gasteiger partial charge in [0.15, 0.2) is 0 Å². The molecule has 0 aromatic carbocycles. The van der Waals surface area contributed by atoms with Crippen molar-refractivity contribution in [2.24, 2.45) is 0 Å². The lowest BCUT2D eigenvalue weighted by Crippen LogP contribution is -2.37. The third kappa shape index (κ3) is 49.3. The molecule has 0 saturated heterocycles. The van der Waals surface area contributed by atoms with Gasteiger partial charge in [0.2, 0.25) is 0 Å². The first-order valence-corrected chi connectivity index (χ1v) is 26.9. The highest BCUT2D eigenvalue weighted by Gasteiger charge is 2.26. The second kappa shape index (κ2) is 45.0. The van der Waals surface area contributed by atoms with Gasteiger partial charge >= 0.3 is 13.8 Å². The van der Waals surface area contributed by atoms with E-state index in [4.69, 9.17) is 18.5 Å². The van der Waals surface area contributed by atoms with Crippen LogP contribution in [-0.4, -0.2) is 75.6 Å². The number of rotatable bonds is 47. The summed E-state index contributed by atoms with van der Waals surface area (Å²) in [5.74, 6) is -0.334. The second-order valence-electron chi connectivity index (χ2n) is 18.2. The lowest BCUT2D eigenvalue weighted by Gasteiger charge is -2.24. The highest BCUT2D eigenvalue weighted by atomic mass is 31.2. The van der Waals surface area contributed by atoms with Crippen molar-refractivity contribution >= 4 is 13.8 Å². The number of unbranched alkanes of at least 4 members (excludes halogenated alkanes) is 25. The number of phosphoric ester groups is 1. The summed E-state index contributed by atoms with van der Waals surface area (Å²) in [6.07, 6.45) is 55.9. The van der Waals surface area contributed by atoms with Crippen LogP contribution >= 0.6 is 7.82 Å². The first-order chi connectivity index (χ1) is 29.6.